The second kappa shape index (κ2) is 6.44. The van der Waals surface area contributed by atoms with Crippen molar-refractivity contribution in [3.8, 4) is 28.1 Å². The highest BCUT2D eigenvalue weighted by Crippen LogP contribution is 2.32. The number of carbonyl (C=O) groups excluding carboxylic acids is 1. The number of benzene rings is 2. The Balaban J connectivity index is 2.11. The molecule has 0 N–H and O–H groups in total. The fraction of sp³-hybridized carbons (Fsp3) is 0.100. The van der Waals surface area contributed by atoms with Crippen LogP contribution >= 0.6 is 0 Å². The number of hydrogen-bond acceptors (Lipinski definition) is 3. The lowest BCUT2D eigenvalue weighted by Crippen LogP contribution is -1.92. The van der Waals surface area contributed by atoms with E-state index in [0.717, 1.165) is 40.0 Å². The third-order valence-corrected chi connectivity index (χ3v) is 3.75. The second-order valence-electron chi connectivity index (χ2n) is 5.38. The average Bonchev–Trinajstić information content (AvgIpc) is 2.62. The van der Waals surface area contributed by atoms with Crippen molar-refractivity contribution < 1.29 is 9.53 Å². The van der Waals surface area contributed by atoms with Crippen molar-refractivity contribution in [2.45, 2.75) is 6.92 Å². The molecule has 0 unspecified atom stereocenters. The van der Waals surface area contributed by atoms with E-state index in [-0.39, 0.29) is 0 Å². The van der Waals surface area contributed by atoms with Gasteiger partial charge in [-0.15, -0.1) is 0 Å². The number of aldehydes is 1. The Morgan fingerprint density at radius 3 is 2.22 bits per heavy atom. The van der Waals surface area contributed by atoms with E-state index < -0.39 is 0 Å². The fourth-order valence-electron chi connectivity index (χ4n) is 2.51. The zero-order chi connectivity index (χ0) is 16.2. The van der Waals surface area contributed by atoms with Crippen molar-refractivity contribution in [1.29, 1.82) is 0 Å². The largest absolute Gasteiger partial charge is 0.497 e. The quantitative estimate of drug-likeness (QED) is 0.664. The van der Waals surface area contributed by atoms with Crippen LogP contribution in [0.1, 0.15) is 15.9 Å². The van der Waals surface area contributed by atoms with Gasteiger partial charge >= 0.3 is 0 Å². The molecule has 0 radical (unpaired) electrons. The van der Waals surface area contributed by atoms with Crippen LogP contribution in [-0.2, 0) is 0 Å². The molecule has 3 heteroatoms. The summed E-state index contributed by atoms with van der Waals surface area (Å²) in [6.07, 6.45) is 2.71. The molecule has 3 nitrogen and oxygen atoms in total. The Hall–Kier alpha value is -2.94. The van der Waals surface area contributed by atoms with Gasteiger partial charge < -0.3 is 4.74 Å². The number of ether oxygens (including phenoxy) is 1. The molecule has 0 saturated heterocycles. The van der Waals surface area contributed by atoms with Gasteiger partial charge in [0.1, 0.15) is 12.0 Å². The van der Waals surface area contributed by atoms with Crippen LogP contribution in [0.15, 0.2) is 60.8 Å². The number of pyridine rings is 1. The van der Waals surface area contributed by atoms with E-state index in [2.05, 4.69) is 11.1 Å². The van der Waals surface area contributed by atoms with Crippen LogP contribution in [-0.4, -0.2) is 18.4 Å². The second-order valence-corrected chi connectivity index (χ2v) is 5.38. The van der Waals surface area contributed by atoms with Crippen LogP contribution in [0, 0.1) is 6.92 Å². The van der Waals surface area contributed by atoms with Gasteiger partial charge in [0.25, 0.3) is 0 Å². The van der Waals surface area contributed by atoms with Crippen LogP contribution in [0.5, 0.6) is 5.75 Å². The molecule has 1 aromatic heterocycles. The SMILES string of the molecule is COc1ccc(-c2ncc(C)cc2-c2ccc(C=O)cc2)cc1. The third-order valence-electron chi connectivity index (χ3n) is 3.75. The molecule has 0 aliphatic heterocycles. The molecular formula is C20H17NO2. The topological polar surface area (TPSA) is 39.2 Å². The first-order valence-electron chi connectivity index (χ1n) is 7.38. The molecule has 0 bridgehead atoms. The van der Waals surface area contributed by atoms with Crippen LogP contribution in [0.2, 0.25) is 0 Å². The molecule has 0 saturated carbocycles. The highest BCUT2D eigenvalue weighted by molar-refractivity contribution is 5.83. The number of hydrogen-bond donors (Lipinski definition) is 0. The zero-order valence-corrected chi connectivity index (χ0v) is 13.1. The minimum Gasteiger partial charge on any atom is -0.497 e. The lowest BCUT2D eigenvalue weighted by Gasteiger charge is -2.11. The summed E-state index contributed by atoms with van der Waals surface area (Å²) in [5.74, 6) is 0.817. The molecule has 23 heavy (non-hydrogen) atoms. The van der Waals surface area contributed by atoms with Gasteiger partial charge in [-0.1, -0.05) is 24.3 Å². The average molecular weight is 303 g/mol. The molecule has 3 rings (SSSR count). The summed E-state index contributed by atoms with van der Waals surface area (Å²) >= 11 is 0. The first kappa shape index (κ1) is 15.0. The van der Waals surface area contributed by atoms with E-state index in [1.54, 1.807) is 7.11 Å². The zero-order valence-electron chi connectivity index (χ0n) is 13.1. The molecule has 114 valence electrons. The van der Waals surface area contributed by atoms with E-state index in [9.17, 15) is 4.79 Å². The molecular weight excluding hydrogens is 286 g/mol. The van der Waals surface area contributed by atoms with Crippen molar-refractivity contribution in [2.24, 2.45) is 0 Å². The Labute approximate surface area is 135 Å². The van der Waals surface area contributed by atoms with Crippen LogP contribution in [0.25, 0.3) is 22.4 Å². The molecule has 0 amide bonds. The Bertz CT molecular complexity index is 821. The summed E-state index contributed by atoms with van der Waals surface area (Å²) in [5.41, 5.74) is 5.79. The number of aromatic nitrogens is 1. The molecule has 0 aliphatic rings. The minimum absolute atomic E-state index is 0.667. The number of rotatable bonds is 4. The van der Waals surface area contributed by atoms with E-state index in [0.29, 0.717) is 5.56 Å². The first-order valence-corrected chi connectivity index (χ1v) is 7.38. The van der Waals surface area contributed by atoms with Gasteiger partial charge in [0, 0.05) is 22.9 Å². The highest BCUT2D eigenvalue weighted by atomic mass is 16.5. The predicted molar refractivity (Wildman–Crippen MR) is 91.8 cm³/mol. The van der Waals surface area contributed by atoms with Crippen LogP contribution in [0.4, 0.5) is 0 Å². The molecule has 0 aliphatic carbocycles. The summed E-state index contributed by atoms with van der Waals surface area (Å²) in [4.78, 5) is 15.4. The van der Waals surface area contributed by atoms with Gasteiger partial charge in [-0.2, -0.15) is 0 Å². The van der Waals surface area contributed by atoms with Gasteiger partial charge in [-0.25, -0.2) is 0 Å². The Morgan fingerprint density at radius 1 is 0.957 bits per heavy atom. The summed E-state index contributed by atoms with van der Waals surface area (Å²) in [6.45, 7) is 2.02. The molecule has 1 heterocycles. The lowest BCUT2D eigenvalue weighted by atomic mass is 9.97. The van der Waals surface area contributed by atoms with Crippen molar-refractivity contribution in [3.05, 3.63) is 71.9 Å². The standard InChI is InChI=1S/C20H17NO2/c1-14-11-19(16-5-3-15(13-22)4-6-16)20(21-12-14)17-7-9-18(23-2)10-8-17/h3-13H,1-2H3. The molecule has 3 aromatic rings. The predicted octanol–water partition coefficient (Wildman–Crippen LogP) is 4.55. The maximum atomic E-state index is 10.8. The van der Waals surface area contributed by atoms with Gasteiger partial charge in [0.2, 0.25) is 0 Å². The van der Waals surface area contributed by atoms with Crippen molar-refractivity contribution >= 4 is 6.29 Å². The summed E-state index contributed by atoms with van der Waals surface area (Å²) in [5, 5.41) is 0. The summed E-state index contributed by atoms with van der Waals surface area (Å²) in [6, 6.07) is 17.5. The van der Waals surface area contributed by atoms with Crippen LogP contribution < -0.4 is 4.74 Å². The van der Waals surface area contributed by atoms with E-state index >= 15 is 0 Å². The number of aryl methyl sites for hydroxylation is 1. The molecule has 0 fully saturated rings. The highest BCUT2D eigenvalue weighted by Gasteiger charge is 2.10. The van der Waals surface area contributed by atoms with Crippen LogP contribution in [0.3, 0.4) is 0 Å². The van der Waals surface area contributed by atoms with Gasteiger partial charge in [-0.05, 0) is 48.4 Å². The smallest absolute Gasteiger partial charge is 0.150 e. The van der Waals surface area contributed by atoms with Gasteiger partial charge in [0.05, 0.1) is 12.8 Å². The number of methoxy groups -OCH3 is 1. The van der Waals surface area contributed by atoms with Gasteiger partial charge in [-0.3, -0.25) is 9.78 Å². The Morgan fingerprint density at radius 2 is 1.61 bits per heavy atom. The Kier molecular flexibility index (Phi) is 4.20. The maximum Gasteiger partial charge on any atom is 0.150 e. The lowest BCUT2D eigenvalue weighted by molar-refractivity contribution is 0.112. The molecule has 0 spiro atoms. The van der Waals surface area contributed by atoms with E-state index in [4.69, 9.17) is 4.74 Å². The van der Waals surface area contributed by atoms with Crippen molar-refractivity contribution in [3.63, 3.8) is 0 Å². The van der Waals surface area contributed by atoms with Crippen molar-refractivity contribution in [2.75, 3.05) is 7.11 Å². The first-order chi connectivity index (χ1) is 11.2. The van der Waals surface area contributed by atoms with Crippen molar-refractivity contribution in [1.82, 2.24) is 4.98 Å². The van der Waals surface area contributed by atoms with Gasteiger partial charge in [0.15, 0.2) is 0 Å². The maximum absolute atomic E-state index is 10.8. The van der Waals surface area contributed by atoms with E-state index in [1.807, 2.05) is 61.7 Å². The molecule has 2 aromatic carbocycles. The molecule has 0 atom stereocenters. The fourth-order valence-corrected chi connectivity index (χ4v) is 2.51. The number of carbonyl (C=O) groups is 1. The summed E-state index contributed by atoms with van der Waals surface area (Å²) < 4.78 is 5.21. The van der Waals surface area contributed by atoms with E-state index in [1.165, 1.54) is 0 Å². The monoisotopic (exact) mass is 303 g/mol. The minimum atomic E-state index is 0.667. The normalized spacial score (nSPS) is 10.3. The number of nitrogens with zero attached hydrogens (tertiary/aromatic N) is 1. The summed E-state index contributed by atoms with van der Waals surface area (Å²) in [7, 11) is 1.65. The third kappa shape index (κ3) is 3.14.